The number of allylic oxidation sites excluding steroid dienone is 1. The van der Waals surface area contributed by atoms with Crippen molar-refractivity contribution in [3.8, 4) is 0 Å². The van der Waals surface area contributed by atoms with E-state index < -0.39 is 12.2 Å². The van der Waals surface area contributed by atoms with Gasteiger partial charge in [-0.25, -0.2) is 0 Å². The van der Waals surface area contributed by atoms with Crippen LogP contribution in [0.3, 0.4) is 0 Å². The molecule has 1 saturated carbocycles. The standard InChI is InChI=1S/C23H37ClO4/c1-5-6-15-23(2,3)21(26)14-13-18-17(19(24)16-20(18)25)11-9-7-8-10-12-22(27)28-4/h8-9,13-14,17-21,25-26H,5-6,10-12,15-16H2,1-4H3/b14-13+/t7?,17-,18-,19+,20-,21-/m1/s1. The monoisotopic (exact) mass is 412 g/mol. The second-order valence-electron chi connectivity index (χ2n) is 8.41. The van der Waals surface area contributed by atoms with Crippen LogP contribution in [0, 0.1) is 17.3 Å². The van der Waals surface area contributed by atoms with Crippen LogP contribution in [-0.2, 0) is 9.53 Å². The Morgan fingerprint density at radius 1 is 1.39 bits per heavy atom. The van der Waals surface area contributed by atoms with Crippen LogP contribution in [0.4, 0.5) is 0 Å². The summed E-state index contributed by atoms with van der Waals surface area (Å²) < 4.78 is 4.60. The highest BCUT2D eigenvalue weighted by Gasteiger charge is 2.39. The van der Waals surface area contributed by atoms with Gasteiger partial charge < -0.3 is 14.9 Å². The van der Waals surface area contributed by atoms with Crippen molar-refractivity contribution in [2.45, 2.75) is 83.3 Å². The minimum Gasteiger partial charge on any atom is -0.469 e. The number of hydrogen-bond donors (Lipinski definition) is 2. The van der Waals surface area contributed by atoms with Gasteiger partial charge in [0.1, 0.15) is 0 Å². The molecule has 28 heavy (non-hydrogen) atoms. The van der Waals surface area contributed by atoms with Crippen molar-refractivity contribution in [2.75, 3.05) is 7.11 Å². The molecule has 0 radical (unpaired) electrons. The maximum absolute atomic E-state index is 11.1. The Morgan fingerprint density at radius 3 is 2.75 bits per heavy atom. The molecule has 1 fully saturated rings. The third kappa shape index (κ3) is 8.13. The van der Waals surface area contributed by atoms with Crippen molar-refractivity contribution in [1.29, 1.82) is 0 Å². The van der Waals surface area contributed by atoms with Gasteiger partial charge in [-0.3, -0.25) is 4.79 Å². The lowest BCUT2D eigenvalue weighted by molar-refractivity contribution is -0.140. The first kappa shape index (κ1) is 25.0. The molecule has 0 aromatic rings. The van der Waals surface area contributed by atoms with E-state index in [0.29, 0.717) is 25.7 Å². The fourth-order valence-electron chi connectivity index (χ4n) is 3.60. The number of methoxy groups -OCH3 is 1. The highest BCUT2D eigenvalue weighted by Crippen LogP contribution is 2.40. The number of carbonyl (C=O) groups is 1. The van der Waals surface area contributed by atoms with E-state index in [0.717, 1.165) is 19.3 Å². The summed E-state index contributed by atoms with van der Waals surface area (Å²) in [5, 5.41) is 20.9. The topological polar surface area (TPSA) is 66.8 Å². The smallest absolute Gasteiger partial charge is 0.305 e. The number of rotatable bonds is 11. The summed E-state index contributed by atoms with van der Waals surface area (Å²) in [6.45, 7) is 6.30. The Labute approximate surface area is 175 Å². The molecule has 1 rings (SSSR count). The predicted molar refractivity (Wildman–Crippen MR) is 114 cm³/mol. The van der Waals surface area contributed by atoms with Crippen LogP contribution >= 0.6 is 11.6 Å². The Kier molecular flexibility index (Phi) is 11.1. The van der Waals surface area contributed by atoms with Gasteiger partial charge in [0.15, 0.2) is 0 Å². The summed E-state index contributed by atoms with van der Waals surface area (Å²) in [7, 11) is 1.38. The molecule has 0 aliphatic heterocycles. The second kappa shape index (κ2) is 12.5. The van der Waals surface area contributed by atoms with Gasteiger partial charge in [-0.2, -0.15) is 0 Å². The van der Waals surface area contributed by atoms with Gasteiger partial charge in [0.25, 0.3) is 0 Å². The number of carbonyl (C=O) groups excluding carboxylic acids is 1. The van der Waals surface area contributed by atoms with Gasteiger partial charge in [-0.05, 0) is 49.2 Å². The minimum atomic E-state index is -0.546. The van der Waals surface area contributed by atoms with E-state index >= 15 is 0 Å². The number of ether oxygens (including phenoxy) is 1. The van der Waals surface area contributed by atoms with Gasteiger partial charge >= 0.3 is 5.97 Å². The fraction of sp³-hybridized carbons (Fsp3) is 0.739. The molecule has 5 heteroatoms. The zero-order valence-electron chi connectivity index (χ0n) is 17.7. The van der Waals surface area contributed by atoms with Crippen LogP contribution in [0.5, 0.6) is 0 Å². The third-order valence-electron chi connectivity index (χ3n) is 5.71. The minimum absolute atomic E-state index is 0.0766. The molecule has 0 aromatic heterocycles. The first-order valence-corrected chi connectivity index (χ1v) is 10.8. The zero-order chi connectivity index (χ0) is 21.2. The molecule has 1 aliphatic carbocycles. The Morgan fingerprint density at radius 2 is 2.11 bits per heavy atom. The first-order chi connectivity index (χ1) is 13.2. The quantitative estimate of drug-likeness (QED) is 0.222. The number of aliphatic hydroxyl groups excluding tert-OH is 2. The molecule has 0 bridgehead atoms. The predicted octanol–water partition coefficient (Wildman–Crippen LogP) is 4.78. The molecule has 5 atom stereocenters. The summed E-state index contributed by atoms with van der Waals surface area (Å²) >= 11 is 6.47. The Balaban J connectivity index is 2.67. The van der Waals surface area contributed by atoms with E-state index in [1.165, 1.54) is 7.11 Å². The van der Waals surface area contributed by atoms with Gasteiger partial charge in [0.2, 0.25) is 0 Å². The average molecular weight is 413 g/mol. The molecular weight excluding hydrogens is 376 g/mol. The SMILES string of the molecule is CCCCC(C)(C)[C@H](O)/C=C/[C@@H]1[C@@H](CC=C=CCCC(=O)OC)[C@@H](Cl)C[C@H]1O. The normalized spacial score (nSPS) is 26.1. The molecule has 0 unspecified atom stereocenters. The number of halogens is 1. The van der Waals surface area contributed by atoms with Gasteiger partial charge in [-0.15, -0.1) is 17.3 Å². The van der Waals surface area contributed by atoms with Crippen molar-refractivity contribution in [2.24, 2.45) is 17.3 Å². The van der Waals surface area contributed by atoms with Crippen molar-refractivity contribution in [3.63, 3.8) is 0 Å². The number of alkyl halides is 1. The van der Waals surface area contributed by atoms with Gasteiger partial charge in [-0.1, -0.05) is 45.8 Å². The van der Waals surface area contributed by atoms with Crippen LogP contribution in [0.15, 0.2) is 30.0 Å². The average Bonchev–Trinajstić information content (AvgIpc) is 2.93. The Hall–Kier alpha value is -1.06. The summed E-state index contributed by atoms with van der Waals surface area (Å²) in [5.41, 5.74) is 2.90. The van der Waals surface area contributed by atoms with Gasteiger partial charge in [0.05, 0.1) is 19.3 Å². The number of hydrogen-bond acceptors (Lipinski definition) is 4. The van der Waals surface area contributed by atoms with Crippen molar-refractivity contribution in [1.82, 2.24) is 0 Å². The molecule has 2 N–H and O–H groups in total. The second-order valence-corrected chi connectivity index (χ2v) is 8.97. The fourth-order valence-corrected chi connectivity index (χ4v) is 4.06. The van der Waals surface area contributed by atoms with E-state index in [-0.39, 0.29) is 28.6 Å². The summed E-state index contributed by atoms with van der Waals surface area (Å²) in [4.78, 5) is 11.1. The van der Waals surface area contributed by atoms with E-state index in [4.69, 9.17) is 11.6 Å². The molecule has 1 aliphatic rings. The molecule has 0 heterocycles. The van der Waals surface area contributed by atoms with E-state index in [2.05, 4.69) is 31.2 Å². The zero-order valence-corrected chi connectivity index (χ0v) is 18.5. The maximum Gasteiger partial charge on any atom is 0.305 e. The lowest BCUT2D eigenvalue weighted by Crippen LogP contribution is -2.28. The molecule has 0 saturated heterocycles. The van der Waals surface area contributed by atoms with E-state index in [1.807, 2.05) is 24.3 Å². The molecule has 0 spiro atoms. The van der Waals surface area contributed by atoms with Crippen LogP contribution in [0.2, 0.25) is 0 Å². The summed E-state index contributed by atoms with van der Waals surface area (Å²) in [5.74, 6) is -0.212. The van der Waals surface area contributed by atoms with Gasteiger partial charge in [0, 0.05) is 17.7 Å². The van der Waals surface area contributed by atoms with E-state index in [9.17, 15) is 15.0 Å². The molecule has 4 nitrogen and oxygen atoms in total. The molecule has 0 amide bonds. The Bertz CT molecular complexity index is 563. The lowest BCUT2D eigenvalue weighted by Gasteiger charge is -2.29. The van der Waals surface area contributed by atoms with Crippen molar-refractivity contribution in [3.05, 3.63) is 30.0 Å². The van der Waals surface area contributed by atoms with Crippen molar-refractivity contribution >= 4 is 17.6 Å². The number of esters is 1. The highest BCUT2D eigenvalue weighted by atomic mass is 35.5. The first-order valence-electron chi connectivity index (χ1n) is 10.4. The molecule has 160 valence electrons. The van der Waals surface area contributed by atoms with Crippen LogP contribution in [0.1, 0.15) is 65.7 Å². The van der Waals surface area contributed by atoms with Crippen LogP contribution < -0.4 is 0 Å². The molecular formula is C23H37ClO4. The summed E-state index contributed by atoms with van der Waals surface area (Å²) in [6.07, 6.45) is 11.8. The van der Waals surface area contributed by atoms with Crippen molar-refractivity contribution < 1.29 is 19.7 Å². The number of aliphatic hydroxyl groups is 2. The van der Waals surface area contributed by atoms with Crippen LogP contribution in [-0.4, -0.2) is 40.9 Å². The summed E-state index contributed by atoms with van der Waals surface area (Å²) in [6, 6.07) is 0. The number of unbranched alkanes of at least 4 members (excludes halogenated alkanes) is 1. The lowest BCUT2D eigenvalue weighted by atomic mass is 9.80. The highest BCUT2D eigenvalue weighted by molar-refractivity contribution is 6.21. The van der Waals surface area contributed by atoms with E-state index in [1.54, 1.807) is 0 Å². The third-order valence-corrected chi connectivity index (χ3v) is 6.21. The maximum atomic E-state index is 11.1. The largest absolute Gasteiger partial charge is 0.469 e. The van der Waals surface area contributed by atoms with Crippen LogP contribution in [0.25, 0.3) is 0 Å². The molecule has 0 aromatic carbocycles.